The second-order valence-electron chi connectivity index (χ2n) is 5.86. The van der Waals surface area contributed by atoms with Crippen molar-refractivity contribution in [1.29, 1.82) is 5.26 Å². The quantitative estimate of drug-likeness (QED) is 0.637. The fourth-order valence-corrected chi connectivity index (χ4v) is 4.26. The number of benzene rings is 1. The molecule has 0 saturated heterocycles. The number of nitrogens with zero attached hydrogens (tertiary/aromatic N) is 1. The van der Waals surface area contributed by atoms with Crippen LogP contribution in [0.15, 0.2) is 30.3 Å². The molecule has 0 atom stereocenters. The van der Waals surface area contributed by atoms with Gasteiger partial charge >= 0.3 is 0 Å². The predicted molar refractivity (Wildman–Crippen MR) is 106 cm³/mol. The molecule has 1 heterocycles. The number of carbonyl (C=O) groups is 1. The first-order valence-electron chi connectivity index (χ1n) is 7.98. The molecule has 1 aliphatic rings. The van der Waals surface area contributed by atoms with Crippen LogP contribution in [0.4, 0.5) is 5.00 Å². The van der Waals surface area contributed by atoms with Crippen LogP contribution < -0.4 is 10.6 Å². The molecular formula is C19H17N3OS2. The second-order valence-corrected chi connectivity index (χ2v) is 7.37. The van der Waals surface area contributed by atoms with E-state index in [4.69, 9.17) is 12.2 Å². The minimum Gasteiger partial charge on any atom is -0.323 e. The molecule has 0 fully saturated rings. The molecule has 6 heteroatoms. The number of nitrogens with one attached hydrogen (secondary N) is 2. The molecule has 126 valence electrons. The van der Waals surface area contributed by atoms with E-state index in [-0.39, 0.29) is 11.0 Å². The van der Waals surface area contributed by atoms with Crippen molar-refractivity contribution < 1.29 is 4.79 Å². The summed E-state index contributed by atoms with van der Waals surface area (Å²) < 4.78 is 0. The van der Waals surface area contributed by atoms with E-state index in [9.17, 15) is 10.1 Å². The average Bonchev–Trinajstić information content (AvgIpc) is 3.14. The Hall–Kier alpha value is -2.49. The van der Waals surface area contributed by atoms with Crippen molar-refractivity contribution in [3.8, 4) is 6.07 Å². The highest BCUT2D eigenvalue weighted by molar-refractivity contribution is 7.80. The molecule has 1 aromatic carbocycles. The van der Waals surface area contributed by atoms with Crippen LogP contribution in [0.1, 0.15) is 33.6 Å². The van der Waals surface area contributed by atoms with Crippen molar-refractivity contribution in [2.45, 2.75) is 26.2 Å². The Morgan fingerprint density at radius 2 is 2.08 bits per heavy atom. The summed E-state index contributed by atoms with van der Waals surface area (Å²) in [7, 11) is 0. The van der Waals surface area contributed by atoms with Crippen molar-refractivity contribution in [2.75, 3.05) is 5.32 Å². The van der Waals surface area contributed by atoms with E-state index >= 15 is 0 Å². The zero-order valence-corrected chi connectivity index (χ0v) is 15.4. The number of aryl methyl sites for hydroxylation is 2. The molecule has 3 rings (SSSR count). The van der Waals surface area contributed by atoms with Gasteiger partial charge in [-0.3, -0.25) is 10.1 Å². The van der Waals surface area contributed by atoms with Crippen LogP contribution in [0.3, 0.4) is 0 Å². The maximum atomic E-state index is 12.0. The van der Waals surface area contributed by atoms with E-state index in [1.54, 1.807) is 17.4 Å². The fourth-order valence-electron chi connectivity index (χ4n) is 2.75. The Morgan fingerprint density at radius 3 is 2.80 bits per heavy atom. The first-order valence-corrected chi connectivity index (χ1v) is 9.20. The monoisotopic (exact) mass is 367 g/mol. The second kappa shape index (κ2) is 7.60. The Morgan fingerprint density at radius 1 is 1.32 bits per heavy atom. The maximum Gasteiger partial charge on any atom is 0.250 e. The zero-order chi connectivity index (χ0) is 17.8. The summed E-state index contributed by atoms with van der Waals surface area (Å²) in [6.45, 7) is 2.01. The summed E-state index contributed by atoms with van der Waals surface area (Å²) in [4.78, 5) is 13.2. The molecule has 0 spiro atoms. The number of amides is 1. The maximum absolute atomic E-state index is 12.0. The number of hydrogen-bond donors (Lipinski definition) is 2. The number of rotatable bonds is 3. The van der Waals surface area contributed by atoms with E-state index < -0.39 is 0 Å². The number of fused-ring (bicyclic) bond motifs is 1. The van der Waals surface area contributed by atoms with Gasteiger partial charge in [0.1, 0.15) is 11.1 Å². The van der Waals surface area contributed by atoms with Gasteiger partial charge in [0.25, 0.3) is 0 Å². The van der Waals surface area contributed by atoms with E-state index in [2.05, 4.69) is 16.7 Å². The molecule has 2 aromatic rings. The Bertz CT molecular complexity index is 889. The lowest BCUT2D eigenvalue weighted by Crippen LogP contribution is -2.32. The van der Waals surface area contributed by atoms with Gasteiger partial charge in [-0.2, -0.15) is 5.26 Å². The van der Waals surface area contributed by atoms with Crippen molar-refractivity contribution >= 4 is 45.7 Å². The lowest BCUT2D eigenvalue weighted by Gasteiger charge is -2.07. The van der Waals surface area contributed by atoms with Gasteiger partial charge in [-0.1, -0.05) is 29.8 Å². The van der Waals surface area contributed by atoms with Crippen LogP contribution in [0, 0.1) is 18.3 Å². The Kier molecular flexibility index (Phi) is 5.27. The topological polar surface area (TPSA) is 64.9 Å². The number of hydrogen-bond acceptors (Lipinski definition) is 4. The molecule has 4 nitrogen and oxygen atoms in total. The molecule has 0 aliphatic heterocycles. The van der Waals surface area contributed by atoms with Gasteiger partial charge in [0.2, 0.25) is 5.91 Å². The van der Waals surface area contributed by atoms with Crippen molar-refractivity contribution in [3.05, 3.63) is 57.5 Å². The van der Waals surface area contributed by atoms with Gasteiger partial charge in [-0.15, -0.1) is 11.3 Å². The van der Waals surface area contributed by atoms with Gasteiger partial charge in [0, 0.05) is 11.0 Å². The third kappa shape index (κ3) is 4.13. The van der Waals surface area contributed by atoms with Crippen LogP contribution in [-0.2, 0) is 17.6 Å². The third-order valence-electron chi connectivity index (χ3n) is 4.00. The van der Waals surface area contributed by atoms with Gasteiger partial charge in [-0.25, -0.2) is 0 Å². The minimum absolute atomic E-state index is 0.204. The first kappa shape index (κ1) is 17.3. The number of thiocarbonyl (C=S) groups is 1. The van der Waals surface area contributed by atoms with Crippen molar-refractivity contribution in [1.82, 2.24) is 5.32 Å². The normalized spacial score (nSPS) is 12.6. The summed E-state index contributed by atoms with van der Waals surface area (Å²) in [6, 6.07) is 10.1. The van der Waals surface area contributed by atoms with Crippen molar-refractivity contribution in [2.24, 2.45) is 0 Å². The third-order valence-corrected chi connectivity index (χ3v) is 5.41. The highest BCUT2D eigenvalue weighted by atomic mass is 32.1. The van der Waals surface area contributed by atoms with E-state index in [0.29, 0.717) is 5.56 Å². The van der Waals surface area contributed by atoms with Gasteiger partial charge in [0.15, 0.2) is 5.11 Å². The molecule has 1 aromatic heterocycles. The molecule has 25 heavy (non-hydrogen) atoms. The molecule has 0 bridgehead atoms. The first-order chi connectivity index (χ1) is 12.1. The largest absolute Gasteiger partial charge is 0.323 e. The zero-order valence-electron chi connectivity index (χ0n) is 13.8. The van der Waals surface area contributed by atoms with Crippen LogP contribution >= 0.6 is 23.6 Å². The van der Waals surface area contributed by atoms with Gasteiger partial charge in [-0.05, 0) is 55.6 Å². The molecule has 0 unspecified atom stereocenters. The van der Waals surface area contributed by atoms with Gasteiger partial charge < -0.3 is 5.32 Å². The summed E-state index contributed by atoms with van der Waals surface area (Å²) in [5, 5.41) is 15.9. The highest BCUT2D eigenvalue weighted by Crippen LogP contribution is 2.38. The van der Waals surface area contributed by atoms with E-state index in [1.165, 1.54) is 16.5 Å². The summed E-state index contributed by atoms with van der Waals surface area (Å²) in [6.07, 6.45) is 6.22. The Balaban J connectivity index is 1.60. The van der Waals surface area contributed by atoms with Crippen LogP contribution in [0.25, 0.3) is 6.08 Å². The standard InChI is InChI=1S/C19H17N3OS2/c1-12-5-7-13(8-6-12)9-10-17(23)21-19(24)22-18-15(11-20)14-3-2-4-16(14)25-18/h5-10H,2-4H2,1H3,(H2,21,22,23,24). The molecule has 0 saturated carbocycles. The molecule has 2 N–H and O–H groups in total. The number of carbonyl (C=O) groups excluding carboxylic acids is 1. The van der Waals surface area contributed by atoms with Crippen molar-refractivity contribution in [3.63, 3.8) is 0 Å². The highest BCUT2D eigenvalue weighted by Gasteiger charge is 2.22. The minimum atomic E-state index is -0.305. The smallest absolute Gasteiger partial charge is 0.250 e. The van der Waals surface area contributed by atoms with Gasteiger partial charge in [0.05, 0.1) is 5.56 Å². The number of anilines is 1. The summed E-state index contributed by atoms with van der Waals surface area (Å²) in [5.74, 6) is -0.305. The Labute approximate surface area is 156 Å². The van der Waals surface area contributed by atoms with Crippen LogP contribution in [-0.4, -0.2) is 11.0 Å². The SMILES string of the molecule is Cc1ccc(C=CC(=O)NC(=S)Nc2sc3c(c2C#N)CCC3)cc1. The summed E-state index contributed by atoms with van der Waals surface area (Å²) in [5.41, 5.74) is 3.90. The number of nitriles is 1. The lowest BCUT2D eigenvalue weighted by molar-refractivity contribution is -0.115. The fraction of sp³-hybridized carbons (Fsp3) is 0.211. The van der Waals surface area contributed by atoms with Crippen LogP contribution in [0.2, 0.25) is 0 Å². The molecular weight excluding hydrogens is 350 g/mol. The van der Waals surface area contributed by atoms with Crippen LogP contribution in [0.5, 0.6) is 0 Å². The predicted octanol–water partition coefficient (Wildman–Crippen LogP) is 3.94. The molecule has 0 radical (unpaired) electrons. The molecule has 1 aliphatic carbocycles. The molecule has 1 amide bonds. The van der Waals surface area contributed by atoms with E-state index in [0.717, 1.165) is 35.4 Å². The summed E-state index contributed by atoms with van der Waals surface area (Å²) >= 11 is 6.74. The average molecular weight is 367 g/mol. The lowest BCUT2D eigenvalue weighted by atomic mass is 10.1. The number of thiophene rings is 1. The van der Waals surface area contributed by atoms with E-state index in [1.807, 2.05) is 31.2 Å².